The van der Waals surface area contributed by atoms with Crippen LogP contribution in [0.4, 0.5) is 34.5 Å². The minimum atomic E-state index is -0.324. The molecule has 0 atom stereocenters. The molecule has 10 nitrogen and oxygen atoms in total. The van der Waals surface area contributed by atoms with Crippen molar-refractivity contribution < 1.29 is 9.53 Å². The second-order valence-corrected chi connectivity index (χ2v) is 10.0. The molecule has 1 saturated heterocycles. The fraction of sp³-hybridized carbons (Fsp3) is 0.333. The van der Waals surface area contributed by atoms with Crippen molar-refractivity contribution in [3.63, 3.8) is 0 Å². The maximum atomic E-state index is 12.3. The zero-order valence-electron chi connectivity index (χ0n) is 23.4. The zero-order chi connectivity index (χ0) is 28.6. The minimum Gasteiger partial charge on any atom is -0.489 e. The molecule has 0 bridgehead atoms. The van der Waals surface area contributed by atoms with Crippen LogP contribution in [0.15, 0.2) is 61.3 Å². The Morgan fingerprint density at radius 3 is 2.48 bits per heavy atom. The molecule has 0 spiro atoms. The number of piperazine rings is 1. The molecule has 0 radical (unpaired) electrons. The summed E-state index contributed by atoms with van der Waals surface area (Å²) in [5, 5.41) is 19.0. The molecule has 1 aromatic heterocycles. The highest BCUT2D eigenvalue weighted by Gasteiger charge is 2.20. The molecule has 0 unspecified atom stereocenters. The van der Waals surface area contributed by atoms with E-state index < -0.39 is 0 Å². The smallest absolute Gasteiger partial charge is 0.247 e. The topological polar surface area (TPSA) is 118 Å². The van der Waals surface area contributed by atoms with Gasteiger partial charge in [-0.3, -0.25) is 9.69 Å². The molecular formula is C30H36N8O2. The Morgan fingerprint density at radius 1 is 1.05 bits per heavy atom. The van der Waals surface area contributed by atoms with Gasteiger partial charge in [-0.05, 0) is 64.1 Å². The third-order valence-corrected chi connectivity index (χ3v) is 6.51. The third-order valence-electron chi connectivity index (χ3n) is 6.51. The van der Waals surface area contributed by atoms with Crippen LogP contribution in [0.25, 0.3) is 0 Å². The quantitative estimate of drug-likeness (QED) is 0.295. The van der Waals surface area contributed by atoms with Crippen LogP contribution in [0.3, 0.4) is 0 Å². The summed E-state index contributed by atoms with van der Waals surface area (Å²) in [4.78, 5) is 25.9. The molecule has 3 N–H and O–H groups in total. The standard InChI is InChI=1S/C30H36N8O2/c1-6-28(39)33-26-17-23(38-15-13-37(14-16-38)20(2)3)11-12-24(26)35-30-32-19-22(18-31)29(36-30)34-25-9-7-8-10-27(25)40-21(4)5/h6-12,17,19-21H,1,13-16H2,2-5H3,(H,33,39)(H2,32,34,35,36). The molecule has 208 valence electrons. The van der Waals surface area contributed by atoms with Crippen molar-refractivity contribution in [1.29, 1.82) is 5.26 Å². The van der Waals surface area contributed by atoms with Gasteiger partial charge in [-0.2, -0.15) is 10.2 Å². The number of nitrogens with one attached hydrogen (secondary N) is 3. The Balaban J connectivity index is 1.60. The van der Waals surface area contributed by atoms with E-state index in [1.807, 2.05) is 56.3 Å². The first-order chi connectivity index (χ1) is 19.3. The van der Waals surface area contributed by atoms with Crippen molar-refractivity contribution in [2.24, 2.45) is 0 Å². The van der Waals surface area contributed by atoms with Gasteiger partial charge in [-0.15, -0.1) is 0 Å². The number of carbonyl (C=O) groups excluding carboxylic acids is 1. The van der Waals surface area contributed by atoms with Gasteiger partial charge in [-0.25, -0.2) is 4.98 Å². The molecule has 40 heavy (non-hydrogen) atoms. The summed E-state index contributed by atoms with van der Waals surface area (Å²) < 4.78 is 5.90. The van der Waals surface area contributed by atoms with Crippen LogP contribution in [-0.2, 0) is 4.79 Å². The highest BCUT2D eigenvalue weighted by molar-refractivity contribution is 6.02. The van der Waals surface area contributed by atoms with E-state index in [4.69, 9.17) is 4.74 Å². The SMILES string of the molecule is C=CC(=O)Nc1cc(N2CCN(C(C)C)CC2)ccc1Nc1ncc(C#N)c(Nc2ccccc2OC(C)C)n1. The molecule has 1 amide bonds. The summed E-state index contributed by atoms with van der Waals surface area (Å²) >= 11 is 0. The Morgan fingerprint density at radius 2 is 1.80 bits per heavy atom. The van der Waals surface area contributed by atoms with Crippen LogP contribution in [0, 0.1) is 11.3 Å². The van der Waals surface area contributed by atoms with Crippen molar-refractivity contribution >= 4 is 40.4 Å². The molecule has 4 rings (SSSR count). The summed E-state index contributed by atoms with van der Waals surface area (Å²) in [5.74, 6) is 0.913. The largest absolute Gasteiger partial charge is 0.489 e. The van der Waals surface area contributed by atoms with E-state index in [-0.39, 0.29) is 23.5 Å². The zero-order valence-corrected chi connectivity index (χ0v) is 23.4. The number of ether oxygens (including phenoxy) is 1. The first-order valence-corrected chi connectivity index (χ1v) is 13.4. The molecule has 1 aliphatic heterocycles. The second-order valence-electron chi connectivity index (χ2n) is 10.0. The van der Waals surface area contributed by atoms with E-state index in [1.165, 1.54) is 12.3 Å². The van der Waals surface area contributed by atoms with Gasteiger partial charge in [0.1, 0.15) is 17.4 Å². The lowest BCUT2D eigenvalue weighted by Gasteiger charge is -2.38. The Hall–Kier alpha value is -4.62. The number of para-hydroxylation sites is 2. The highest BCUT2D eigenvalue weighted by Crippen LogP contribution is 2.32. The van der Waals surface area contributed by atoms with Crippen LogP contribution in [0.5, 0.6) is 5.75 Å². The molecule has 10 heteroatoms. The van der Waals surface area contributed by atoms with E-state index in [1.54, 1.807) is 0 Å². The Labute approximate surface area is 235 Å². The van der Waals surface area contributed by atoms with E-state index >= 15 is 0 Å². The molecule has 0 saturated carbocycles. The van der Waals surface area contributed by atoms with E-state index in [2.05, 4.69) is 62.2 Å². The first kappa shape index (κ1) is 28.4. The lowest BCUT2D eigenvalue weighted by atomic mass is 10.2. The number of rotatable bonds is 10. The lowest BCUT2D eigenvalue weighted by molar-refractivity contribution is -0.111. The maximum Gasteiger partial charge on any atom is 0.247 e. The maximum absolute atomic E-state index is 12.3. The molecule has 0 aliphatic carbocycles. The number of hydrogen-bond acceptors (Lipinski definition) is 9. The number of carbonyl (C=O) groups is 1. The summed E-state index contributed by atoms with van der Waals surface area (Å²) in [6.07, 6.45) is 2.66. The van der Waals surface area contributed by atoms with Gasteiger partial charge in [0, 0.05) is 37.9 Å². The summed E-state index contributed by atoms with van der Waals surface area (Å²) in [7, 11) is 0. The van der Waals surface area contributed by atoms with Crippen molar-refractivity contribution in [2.45, 2.75) is 39.8 Å². The molecular weight excluding hydrogens is 504 g/mol. The average molecular weight is 541 g/mol. The Kier molecular flexibility index (Phi) is 9.19. The number of anilines is 6. The molecule has 3 aromatic rings. The molecule has 1 aliphatic rings. The minimum absolute atomic E-state index is 0.0211. The van der Waals surface area contributed by atoms with Crippen LogP contribution >= 0.6 is 0 Å². The van der Waals surface area contributed by atoms with Gasteiger partial charge < -0.3 is 25.6 Å². The van der Waals surface area contributed by atoms with E-state index in [0.29, 0.717) is 34.7 Å². The number of aromatic nitrogens is 2. The van der Waals surface area contributed by atoms with E-state index in [0.717, 1.165) is 31.9 Å². The summed E-state index contributed by atoms with van der Waals surface area (Å²) in [5.41, 5.74) is 3.16. The second kappa shape index (κ2) is 13.0. The van der Waals surface area contributed by atoms with Crippen molar-refractivity contribution in [1.82, 2.24) is 14.9 Å². The normalized spacial score (nSPS) is 13.6. The van der Waals surface area contributed by atoms with Crippen LogP contribution in [0.1, 0.15) is 33.3 Å². The van der Waals surface area contributed by atoms with Crippen LogP contribution < -0.4 is 25.6 Å². The third kappa shape index (κ3) is 7.07. The number of nitrogens with zero attached hydrogens (tertiary/aromatic N) is 5. The van der Waals surface area contributed by atoms with Crippen molar-refractivity contribution in [2.75, 3.05) is 47.0 Å². The number of amides is 1. The van der Waals surface area contributed by atoms with Gasteiger partial charge in [0.05, 0.1) is 29.4 Å². The van der Waals surface area contributed by atoms with Crippen LogP contribution in [-0.4, -0.2) is 59.1 Å². The molecule has 1 fully saturated rings. The van der Waals surface area contributed by atoms with Crippen LogP contribution in [0.2, 0.25) is 0 Å². The molecule has 2 aromatic carbocycles. The molecule has 2 heterocycles. The predicted molar refractivity (Wildman–Crippen MR) is 160 cm³/mol. The first-order valence-electron chi connectivity index (χ1n) is 13.4. The highest BCUT2D eigenvalue weighted by atomic mass is 16.5. The number of benzene rings is 2. The van der Waals surface area contributed by atoms with E-state index in [9.17, 15) is 10.1 Å². The van der Waals surface area contributed by atoms with Gasteiger partial charge in [0.2, 0.25) is 11.9 Å². The fourth-order valence-electron chi connectivity index (χ4n) is 4.42. The Bertz CT molecular complexity index is 1390. The monoisotopic (exact) mass is 540 g/mol. The predicted octanol–water partition coefficient (Wildman–Crippen LogP) is 5.28. The lowest BCUT2D eigenvalue weighted by Crippen LogP contribution is -2.48. The van der Waals surface area contributed by atoms with Gasteiger partial charge in [-0.1, -0.05) is 18.7 Å². The fourth-order valence-corrected chi connectivity index (χ4v) is 4.42. The van der Waals surface area contributed by atoms with Crippen molar-refractivity contribution in [3.8, 4) is 11.8 Å². The van der Waals surface area contributed by atoms with Gasteiger partial charge in [0.25, 0.3) is 0 Å². The van der Waals surface area contributed by atoms with Gasteiger partial charge in [0.15, 0.2) is 5.82 Å². The summed E-state index contributed by atoms with van der Waals surface area (Å²) in [6, 6.07) is 16.0. The average Bonchev–Trinajstić information content (AvgIpc) is 2.95. The number of nitriles is 1. The van der Waals surface area contributed by atoms with Gasteiger partial charge >= 0.3 is 0 Å². The number of hydrogen-bond donors (Lipinski definition) is 3. The summed E-state index contributed by atoms with van der Waals surface area (Å²) in [6.45, 7) is 15.7. The van der Waals surface area contributed by atoms with Crippen molar-refractivity contribution in [3.05, 3.63) is 66.9 Å².